The van der Waals surface area contributed by atoms with Crippen LogP contribution in [0.15, 0.2) is 24.4 Å². The fraction of sp³-hybridized carbons (Fsp3) is 0.474. The van der Waals surface area contributed by atoms with Gasteiger partial charge in [-0.1, -0.05) is 11.3 Å². The van der Waals surface area contributed by atoms with E-state index in [1.54, 1.807) is 18.3 Å². The van der Waals surface area contributed by atoms with Crippen molar-refractivity contribution in [3.8, 4) is 0 Å². The van der Waals surface area contributed by atoms with Crippen LogP contribution in [0.1, 0.15) is 31.4 Å². The fourth-order valence-electron chi connectivity index (χ4n) is 3.38. The number of aliphatic hydroxyl groups is 1. The highest BCUT2D eigenvalue weighted by atomic mass is 32.1. The summed E-state index contributed by atoms with van der Waals surface area (Å²) in [4.78, 5) is 18.3. The van der Waals surface area contributed by atoms with E-state index in [0.29, 0.717) is 35.4 Å². The largest absolute Gasteiger partial charge is 0.401 e. The van der Waals surface area contributed by atoms with Crippen molar-refractivity contribution in [1.29, 1.82) is 0 Å². The number of pyridine rings is 1. The predicted molar refractivity (Wildman–Crippen MR) is 112 cm³/mol. The number of hydrogen-bond acceptors (Lipinski definition) is 9. The highest BCUT2D eigenvalue weighted by Crippen LogP contribution is 2.27. The van der Waals surface area contributed by atoms with Crippen LogP contribution in [0, 0.1) is 0 Å². The molecule has 31 heavy (non-hydrogen) atoms. The molecule has 0 unspecified atom stereocenters. The zero-order valence-electron chi connectivity index (χ0n) is 16.5. The van der Waals surface area contributed by atoms with E-state index in [1.165, 1.54) is 11.3 Å². The van der Waals surface area contributed by atoms with Crippen LogP contribution in [0.5, 0.6) is 0 Å². The second kappa shape index (κ2) is 9.28. The number of nitrogens with zero attached hydrogens (tertiary/aromatic N) is 4. The Morgan fingerprint density at radius 2 is 1.94 bits per heavy atom. The molecule has 3 aromatic rings. The van der Waals surface area contributed by atoms with E-state index in [9.17, 15) is 18.3 Å². The van der Waals surface area contributed by atoms with Crippen LogP contribution in [-0.2, 0) is 6.54 Å². The average Bonchev–Trinajstić information content (AvgIpc) is 3.11. The monoisotopic (exact) mass is 453 g/mol. The van der Waals surface area contributed by atoms with E-state index >= 15 is 0 Å². The normalized spacial score (nSPS) is 19.5. The summed E-state index contributed by atoms with van der Waals surface area (Å²) in [6.45, 7) is -1.16. The van der Waals surface area contributed by atoms with Gasteiger partial charge in [0, 0.05) is 24.8 Å². The summed E-state index contributed by atoms with van der Waals surface area (Å²) in [6.07, 6.45) is 0.0136. The Balaban J connectivity index is 1.52. The molecular weight excluding hydrogens is 431 g/mol. The Morgan fingerprint density at radius 3 is 2.68 bits per heavy atom. The maximum atomic E-state index is 12.5. The van der Waals surface area contributed by atoms with Crippen molar-refractivity contribution in [3.63, 3.8) is 0 Å². The summed E-state index contributed by atoms with van der Waals surface area (Å²) >= 11 is 1.35. The Labute approximate surface area is 180 Å². The molecule has 0 aromatic carbocycles. The van der Waals surface area contributed by atoms with Gasteiger partial charge in [0.2, 0.25) is 5.95 Å². The van der Waals surface area contributed by atoms with Gasteiger partial charge in [0.25, 0.3) is 0 Å². The number of fused-ring (bicyclic) bond motifs is 1. The molecule has 0 aliphatic heterocycles. The van der Waals surface area contributed by atoms with Crippen molar-refractivity contribution < 1.29 is 18.3 Å². The van der Waals surface area contributed by atoms with Gasteiger partial charge in [-0.15, -0.1) is 0 Å². The summed E-state index contributed by atoms with van der Waals surface area (Å²) in [6, 6.07) is 5.34. The predicted octanol–water partition coefficient (Wildman–Crippen LogP) is 3.59. The first-order valence-corrected chi connectivity index (χ1v) is 10.7. The zero-order chi connectivity index (χ0) is 21.8. The van der Waals surface area contributed by atoms with Crippen molar-refractivity contribution >= 4 is 38.6 Å². The molecule has 0 saturated heterocycles. The van der Waals surface area contributed by atoms with Gasteiger partial charge in [0.05, 0.1) is 18.3 Å². The third-order valence-corrected chi connectivity index (χ3v) is 5.74. The quantitative estimate of drug-likeness (QED) is 0.430. The molecular formula is C19H22F3N7OS. The van der Waals surface area contributed by atoms with E-state index < -0.39 is 12.7 Å². The molecule has 3 aromatic heterocycles. The Hall–Kier alpha value is -2.57. The average molecular weight is 453 g/mol. The van der Waals surface area contributed by atoms with Gasteiger partial charge in [-0.05, 0) is 37.8 Å². The molecule has 1 aliphatic rings. The Morgan fingerprint density at radius 1 is 1.13 bits per heavy atom. The second-order valence-corrected chi connectivity index (χ2v) is 8.39. The van der Waals surface area contributed by atoms with Crippen LogP contribution in [0.4, 0.5) is 30.1 Å². The molecule has 1 fully saturated rings. The van der Waals surface area contributed by atoms with Crippen LogP contribution in [0.2, 0.25) is 0 Å². The lowest BCUT2D eigenvalue weighted by atomic mass is 9.93. The summed E-state index contributed by atoms with van der Waals surface area (Å²) in [5.74, 6) is 0.755. The number of anilines is 3. The Bertz CT molecular complexity index is 988. The van der Waals surface area contributed by atoms with Crippen LogP contribution < -0.4 is 16.0 Å². The van der Waals surface area contributed by atoms with Gasteiger partial charge in [-0.25, -0.2) is 15.0 Å². The first kappa shape index (κ1) is 21.7. The van der Waals surface area contributed by atoms with E-state index in [-0.39, 0.29) is 18.7 Å². The molecule has 12 heteroatoms. The zero-order valence-corrected chi connectivity index (χ0v) is 17.3. The first-order chi connectivity index (χ1) is 14.8. The fourth-order valence-corrected chi connectivity index (χ4v) is 4.20. The maximum absolute atomic E-state index is 12.5. The topological polar surface area (TPSA) is 108 Å². The molecule has 4 rings (SSSR count). The van der Waals surface area contributed by atoms with Gasteiger partial charge < -0.3 is 21.1 Å². The van der Waals surface area contributed by atoms with E-state index in [0.717, 1.165) is 23.2 Å². The van der Waals surface area contributed by atoms with Crippen LogP contribution in [-0.4, -0.2) is 49.9 Å². The standard InChI is InChI=1S/C19H22F3N7OS/c20-19(21,22)10-23-9-12-8-15(29-18-27-14-2-1-7-24-16(14)31-18)28-17(26-12)25-11-3-5-13(30)6-4-11/h1-2,7-8,11,13,23,30H,3-6,9-10H2,(H2,25,26,27,28,29)/t11-,13-. The van der Waals surface area contributed by atoms with Crippen LogP contribution in [0.25, 0.3) is 10.3 Å². The number of nitrogens with one attached hydrogen (secondary N) is 3. The highest BCUT2D eigenvalue weighted by molar-refractivity contribution is 7.21. The number of thiazole rings is 1. The molecule has 0 amide bonds. The Kier molecular flexibility index (Phi) is 6.49. The minimum atomic E-state index is -4.30. The molecule has 166 valence electrons. The van der Waals surface area contributed by atoms with Gasteiger partial charge in [0.1, 0.15) is 16.2 Å². The molecule has 0 spiro atoms. The minimum absolute atomic E-state index is 0.0594. The lowest BCUT2D eigenvalue weighted by Crippen LogP contribution is -2.30. The molecule has 1 saturated carbocycles. The van der Waals surface area contributed by atoms with Crippen molar-refractivity contribution in [3.05, 3.63) is 30.1 Å². The SMILES string of the molecule is O[C@H]1CC[C@H](Nc2nc(CNCC(F)(F)F)cc(Nc3nc4cccnc4s3)n2)CC1. The maximum Gasteiger partial charge on any atom is 0.401 e. The third kappa shape index (κ3) is 6.21. The highest BCUT2D eigenvalue weighted by Gasteiger charge is 2.26. The van der Waals surface area contributed by atoms with Gasteiger partial charge in [0.15, 0.2) is 5.13 Å². The van der Waals surface area contributed by atoms with Crippen LogP contribution >= 0.6 is 11.3 Å². The number of halogens is 3. The van der Waals surface area contributed by atoms with Crippen molar-refractivity contribution in [1.82, 2.24) is 25.3 Å². The lowest BCUT2D eigenvalue weighted by Gasteiger charge is -2.26. The van der Waals surface area contributed by atoms with Crippen molar-refractivity contribution in [2.24, 2.45) is 0 Å². The second-order valence-electron chi connectivity index (χ2n) is 7.41. The number of alkyl halides is 3. The number of rotatable bonds is 7. The third-order valence-electron chi connectivity index (χ3n) is 4.84. The van der Waals surface area contributed by atoms with E-state index in [4.69, 9.17) is 0 Å². The molecule has 0 bridgehead atoms. The summed E-state index contributed by atoms with van der Waals surface area (Å²) < 4.78 is 37.5. The minimum Gasteiger partial charge on any atom is -0.393 e. The number of aliphatic hydroxyl groups excluding tert-OH is 1. The van der Waals surface area contributed by atoms with Crippen molar-refractivity contribution in [2.45, 2.75) is 50.6 Å². The molecule has 0 atom stereocenters. The van der Waals surface area contributed by atoms with Gasteiger partial charge in [-0.3, -0.25) is 0 Å². The molecule has 1 aliphatic carbocycles. The number of hydrogen-bond donors (Lipinski definition) is 4. The summed E-state index contributed by atoms with van der Waals surface area (Å²) in [5, 5.41) is 19.0. The molecule has 0 radical (unpaired) electrons. The molecule has 3 heterocycles. The summed E-state index contributed by atoms with van der Waals surface area (Å²) in [7, 11) is 0. The first-order valence-electron chi connectivity index (χ1n) is 9.93. The van der Waals surface area contributed by atoms with Crippen molar-refractivity contribution in [2.75, 3.05) is 17.2 Å². The number of aromatic nitrogens is 4. The van der Waals surface area contributed by atoms with Gasteiger partial charge in [-0.2, -0.15) is 18.2 Å². The van der Waals surface area contributed by atoms with E-state index in [1.807, 2.05) is 6.07 Å². The molecule has 8 nitrogen and oxygen atoms in total. The summed E-state index contributed by atoms with van der Waals surface area (Å²) in [5.41, 5.74) is 1.16. The molecule has 4 N–H and O–H groups in total. The van der Waals surface area contributed by atoms with E-state index in [2.05, 4.69) is 35.9 Å². The lowest BCUT2D eigenvalue weighted by molar-refractivity contribution is -0.125. The van der Waals surface area contributed by atoms with Gasteiger partial charge >= 0.3 is 6.18 Å². The smallest absolute Gasteiger partial charge is 0.393 e. The van der Waals surface area contributed by atoms with Crippen LogP contribution in [0.3, 0.4) is 0 Å².